The van der Waals surface area contributed by atoms with Gasteiger partial charge in [-0.1, -0.05) is 0 Å². The number of nitrogens with zero attached hydrogens (tertiary/aromatic N) is 3. The van der Waals surface area contributed by atoms with Crippen molar-refractivity contribution >= 4 is 86.5 Å². The maximum absolute atomic E-state index is 0. The van der Waals surface area contributed by atoms with Gasteiger partial charge in [0.15, 0.2) is 0 Å². The summed E-state index contributed by atoms with van der Waals surface area (Å²) in [4.78, 5) is 0. The average Bonchev–Trinajstić information content (AvgIpc) is 0. The SMILES string of the molecule is [Al+3].[Mg+2].[Mg+2].[Mg+2].[N-3].[N-3].[N-3]. The summed E-state index contributed by atoms with van der Waals surface area (Å²) in [6.45, 7) is 0. The van der Waals surface area contributed by atoms with Crippen molar-refractivity contribution in [3.8, 4) is 0 Å². The Labute approximate surface area is 103 Å². The molecule has 0 aromatic heterocycles. The summed E-state index contributed by atoms with van der Waals surface area (Å²) in [7, 11) is 0. The van der Waals surface area contributed by atoms with Gasteiger partial charge in [0.05, 0.1) is 0 Å². The van der Waals surface area contributed by atoms with Gasteiger partial charge in [0.2, 0.25) is 0 Å². The molecule has 0 heterocycles. The van der Waals surface area contributed by atoms with Crippen molar-refractivity contribution in [3.05, 3.63) is 18.5 Å². The Kier molecular flexibility index (Phi) is 1010. The zero-order chi connectivity index (χ0) is 0. The predicted molar refractivity (Wildman–Crippen MR) is 33.1 cm³/mol. The first-order valence-electron chi connectivity index (χ1n) is 0. The first kappa shape index (κ1) is 100. The zero-order valence-corrected chi connectivity index (χ0v) is 9.44. The van der Waals surface area contributed by atoms with Crippen LogP contribution in [-0.4, -0.2) is 86.5 Å². The van der Waals surface area contributed by atoms with E-state index in [4.69, 9.17) is 0 Å². The van der Waals surface area contributed by atoms with Crippen molar-refractivity contribution < 1.29 is 0 Å². The fourth-order valence-electron chi connectivity index (χ4n) is 0. The van der Waals surface area contributed by atoms with Crippen LogP contribution in [0.1, 0.15) is 0 Å². The van der Waals surface area contributed by atoms with E-state index in [-0.39, 0.29) is 105 Å². The van der Waals surface area contributed by atoms with Crippen molar-refractivity contribution in [1.29, 1.82) is 0 Å². The summed E-state index contributed by atoms with van der Waals surface area (Å²) in [5.74, 6) is 0. The van der Waals surface area contributed by atoms with Gasteiger partial charge in [-0.25, -0.2) is 0 Å². The van der Waals surface area contributed by atoms with E-state index in [2.05, 4.69) is 0 Å². The number of hydrogen-bond acceptors (Lipinski definition) is 0. The van der Waals surface area contributed by atoms with Crippen molar-refractivity contribution in [2.45, 2.75) is 0 Å². The van der Waals surface area contributed by atoms with Crippen LogP contribution in [0.5, 0.6) is 0 Å². The summed E-state index contributed by atoms with van der Waals surface area (Å²) in [6.07, 6.45) is 0. The van der Waals surface area contributed by atoms with Gasteiger partial charge in [0.25, 0.3) is 0 Å². The van der Waals surface area contributed by atoms with Gasteiger partial charge < -0.3 is 18.5 Å². The minimum Gasteiger partial charge on any atom is -3.00 e. The van der Waals surface area contributed by atoms with Gasteiger partial charge in [0.1, 0.15) is 0 Å². The first-order valence-corrected chi connectivity index (χ1v) is 0. The molecule has 0 aliphatic carbocycles. The number of hydrogen-bond donors (Lipinski definition) is 0. The largest absolute Gasteiger partial charge is 3.00 e. The third kappa shape index (κ3) is 53.4. The molecule has 7 heavy (non-hydrogen) atoms. The Bertz CT molecular complexity index is 10.1. The van der Waals surface area contributed by atoms with Crippen molar-refractivity contribution in [2.24, 2.45) is 0 Å². The minimum absolute atomic E-state index is 0. The molecule has 0 unspecified atom stereocenters. The van der Waals surface area contributed by atoms with Crippen LogP contribution < -0.4 is 0 Å². The molecule has 0 bridgehead atoms. The van der Waals surface area contributed by atoms with Gasteiger partial charge in [-0.15, -0.1) is 0 Å². The molecule has 0 saturated carbocycles. The molecular weight excluding hydrogens is 142 g/mol. The van der Waals surface area contributed by atoms with Crippen LogP contribution in [0.2, 0.25) is 0 Å². The third-order valence-electron chi connectivity index (χ3n) is 0. The summed E-state index contributed by atoms with van der Waals surface area (Å²) >= 11 is 0. The molecule has 0 rings (SSSR count). The fraction of sp³-hybridized carbons (Fsp3) is 0. The Morgan fingerprint density at radius 2 is 0.429 bits per heavy atom. The summed E-state index contributed by atoms with van der Waals surface area (Å²) in [6, 6.07) is 0. The molecule has 3 nitrogen and oxygen atoms in total. The second-order valence-corrected chi connectivity index (χ2v) is 0. The summed E-state index contributed by atoms with van der Waals surface area (Å²) < 4.78 is 0. The molecule has 0 spiro atoms. The molecule has 0 aromatic carbocycles. The van der Waals surface area contributed by atoms with Gasteiger partial charge in [-0.05, 0) is 0 Å². The Hall–Kier alpha value is 2.71. The van der Waals surface area contributed by atoms with Crippen molar-refractivity contribution in [2.75, 3.05) is 0 Å². The third-order valence-corrected chi connectivity index (χ3v) is 0. The van der Waals surface area contributed by atoms with E-state index in [1.54, 1.807) is 0 Å². The Morgan fingerprint density at radius 3 is 0.429 bits per heavy atom. The topological polar surface area (TPSA) is 91.5 Å². The van der Waals surface area contributed by atoms with Crippen LogP contribution in [0.25, 0.3) is 18.5 Å². The monoisotopic (exact) mass is 141 g/mol. The molecule has 0 N–H and O–H groups in total. The van der Waals surface area contributed by atoms with Crippen LogP contribution in [0.3, 0.4) is 0 Å². The summed E-state index contributed by atoms with van der Waals surface area (Å²) in [5, 5.41) is 0. The van der Waals surface area contributed by atoms with E-state index < -0.39 is 0 Å². The first-order chi connectivity index (χ1) is 0. The van der Waals surface area contributed by atoms with Crippen LogP contribution in [-0.2, 0) is 0 Å². The fourth-order valence-corrected chi connectivity index (χ4v) is 0. The van der Waals surface area contributed by atoms with E-state index in [1.165, 1.54) is 0 Å². The van der Waals surface area contributed by atoms with Gasteiger partial charge in [-0.2, -0.15) is 0 Å². The van der Waals surface area contributed by atoms with Crippen molar-refractivity contribution in [3.63, 3.8) is 0 Å². The molecule has 0 saturated heterocycles. The molecule has 0 fully saturated rings. The van der Waals surface area contributed by atoms with E-state index in [1.807, 2.05) is 0 Å². The predicted octanol–water partition coefficient (Wildman–Crippen LogP) is -0.657. The summed E-state index contributed by atoms with van der Waals surface area (Å²) in [5.41, 5.74) is 0. The van der Waals surface area contributed by atoms with E-state index >= 15 is 0 Å². The molecule has 0 aliphatic rings. The zero-order valence-electron chi connectivity index (χ0n) is 4.04. The molecule has 0 radical (unpaired) electrons. The molecule has 7 heteroatoms. The van der Waals surface area contributed by atoms with Crippen LogP contribution >= 0.6 is 0 Å². The average molecular weight is 142 g/mol. The van der Waals surface area contributed by atoms with Crippen LogP contribution in [0, 0.1) is 0 Å². The molecular formula is AlMg3N3. The van der Waals surface area contributed by atoms with Crippen LogP contribution in [0.15, 0.2) is 0 Å². The number of rotatable bonds is 0. The maximum Gasteiger partial charge on any atom is 3.00 e. The molecule has 0 aromatic rings. The quantitative estimate of drug-likeness (QED) is 0.401. The Balaban J connectivity index is 0. The maximum atomic E-state index is 0. The molecule has 0 amide bonds. The smallest absolute Gasteiger partial charge is 3.00 e. The van der Waals surface area contributed by atoms with Crippen LogP contribution in [0.4, 0.5) is 0 Å². The standard InChI is InChI=1S/Al.3Mg.3N/q+3;3*+2;3*-3. The second-order valence-electron chi connectivity index (χ2n) is 0. The van der Waals surface area contributed by atoms with Gasteiger partial charge in [0, 0.05) is 0 Å². The van der Waals surface area contributed by atoms with E-state index in [9.17, 15) is 0 Å². The molecule has 0 atom stereocenters. The molecule has 24 valence electrons. The van der Waals surface area contributed by atoms with E-state index in [0.29, 0.717) is 0 Å². The van der Waals surface area contributed by atoms with Crippen molar-refractivity contribution in [1.82, 2.24) is 0 Å². The minimum atomic E-state index is 0. The van der Waals surface area contributed by atoms with E-state index in [0.717, 1.165) is 0 Å². The normalized spacial score (nSPS) is 0. The second kappa shape index (κ2) is 70.5. The Morgan fingerprint density at radius 1 is 0.429 bits per heavy atom. The molecule has 0 aliphatic heterocycles. The van der Waals surface area contributed by atoms with Gasteiger partial charge in [-0.3, -0.25) is 0 Å². The van der Waals surface area contributed by atoms with Gasteiger partial charge >= 0.3 is 86.5 Å².